The molecule has 19 heavy (non-hydrogen) atoms. The van der Waals surface area contributed by atoms with Crippen molar-refractivity contribution in [2.45, 2.75) is 6.92 Å². The van der Waals surface area contributed by atoms with Gasteiger partial charge < -0.3 is 10.8 Å². The number of benzene rings is 1. The number of aromatic hydroxyl groups is 1. The minimum atomic E-state index is -1.11. The maximum Gasteiger partial charge on any atom is 0.335 e. The van der Waals surface area contributed by atoms with Crippen molar-refractivity contribution in [3.63, 3.8) is 0 Å². The highest BCUT2D eigenvalue weighted by Gasteiger charge is 2.19. The summed E-state index contributed by atoms with van der Waals surface area (Å²) in [5, 5.41) is 9.89. The van der Waals surface area contributed by atoms with Crippen LogP contribution in [0.3, 0.4) is 0 Å². The fourth-order valence-corrected chi connectivity index (χ4v) is 1.68. The summed E-state index contributed by atoms with van der Waals surface area (Å²) in [6, 6.07) is 6.58. The number of hydrogen-bond acceptors (Lipinski definition) is 4. The van der Waals surface area contributed by atoms with Gasteiger partial charge >= 0.3 is 5.69 Å². The molecular formula is C12H11N3O4. The van der Waals surface area contributed by atoms with Crippen molar-refractivity contribution in [3.8, 4) is 11.6 Å². The van der Waals surface area contributed by atoms with E-state index in [0.717, 1.165) is 10.1 Å². The molecule has 4 N–H and O–H groups in total. The van der Waals surface area contributed by atoms with Crippen molar-refractivity contribution in [3.05, 3.63) is 56.2 Å². The Bertz CT molecular complexity index is 756. The van der Waals surface area contributed by atoms with Gasteiger partial charge in [-0.2, -0.15) is 0 Å². The van der Waals surface area contributed by atoms with Gasteiger partial charge in [-0.1, -0.05) is 17.7 Å². The minimum absolute atomic E-state index is 0.312. The average Bonchev–Trinajstić information content (AvgIpc) is 2.30. The lowest BCUT2D eigenvalue weighted by Crippen LogP contribution is -2.34. The number of nitrogens with zero attached hydrogens (tertiary/aromatic N) is 1. The van der Waals surface area contributed by atoms with Gasteiger partial charge in [-0.15, -0.1) is 0 Å². The number of primary amides is 1. The zero-order chi connectivity index (χ0) is 14.2. The topological polar surface area (TPSA) is 118 Å². The van der Waals surface area contributed by atoms with Gasteiger partial charge in [-0.3, -0.25) is 14.6 Å². The first kappa shape index (κ1) is 12.6. The first-order valence-electron chi connectivity index (χ1n) is 5.37. The van der Waals surface area contributed by atoms with Crippen LogP contribution in [0.2, 0.25) is 0 Å². The van der Waals surface area contributed by atoms with Crippen molar-refractivity contribution in [1.29, 1.82) is 0 Å². The highest BCUT2D eigenvalue weighted by Crippen LogP contribution is 2.16. The lowest BCUT2D eigenvalue weighted by atomic mass is 10.2. The number of aromatic amines is 1. The zero-order valence-electron chi connectivity index (χ0n) is 10.0. The first-order valence-corrected chi connectivity index (χ1v) is 5.37. The first-order chi connectivity index (χ1) is 8.91. The number of aromatic nitrogens is 2. The smallest absolute Gasteiger partial charge is 0.335 e. The molecule has 0 unspecified atom stereocenters. The number of nitrogens with two attached hydrogens (primary N) is 1. The highest BCUT2D eigenvalue weighted by atomic mass is 16.3. The molecule has 0 bridgehead atoms. The zero-order valence-corrected chi connectivity index (χ0v) is 10.0. The van der Waals surface area contributed by atoms with Gasteiger partial charge in [0, 0.05) is 0 Å². The molecule has 0 saturated carbocycles. The van der Waals surface area contributed by atoms with Crippen molar-refractivity contribution < 1.29 is 9.90 Å². The van der Waals surface area contributed by atoms with E-state index in [2.05, 4.69) is 0 Å². The van der Waals surface area contributed by atoms with E-state index in [1.165, 1.54) is 0 Å². The third-order valence-electron chi connectivity index (χ3n) is 2.62. The van der Waals surface area contributed by atoms with Crippen LogP contribution in [0.25, 0.3) is 5.69 Å². The lowest BCUT2D eigenvalue weighted by molar-refractivity contribution is 0.0995. The van der Waals surface area contributed by atoms with Crippen molar-refractivity contribution >= 4 is 5.91 Å². The molecule has 0 radical (unpaired) electrons. The van der Waals surface area contributed by atoms with Crippen molar-refractivity contribution in [1.82, 2.24) is 9.55 Å². The molecule has 2 rings (SSSR count). The van der Waals surface area contributed by atoms with Crippen LogP contribution in [0, 0.1) is 6.92 Å². The molecule has 0 spiro atoms. The van der Waals surface area contributed by atoms with E-state index in [1.807, 2.05) is 11.9 Å². The van der Waals surface area contributed by atoms with Crippen LogP contribution in [0.15, 0.2) is 33.9 Å². The van der Waals surface area contributed by atoms with Gasteiger partial charge in [-0.05, 0) is 19.1 Å². The number of hydrogen-bond donors (Lipinski definition) is 3. The summed E-state index contributed by atoms with van der Waals surface area (Å²) in [6.45, 7) is 1.86. The summed E-state index contributed by atoms with van der Waals surface area (Å²) in [7, 11) is 0. The molecule has 98 valence electrons. The van der Waals surface area contributed by atoms with Crippen molar-refractivity contribution in [2.24, 2.45) is 5.73 Å². The second-order valence-corrected chi connectivity index (χ2v) is 3.99. The Balaban J connectivity index is 2.81. The van der Waals surface area contributed by atoms with E-state index in [-0.39, 0.29) is 0 Å². The number of nitrogens with one attached hydrogen (secondary N) is 1. The normalized spacial score (nSPS) is 10.4. The number of carbonyl (C=O) groups is 1. The summed E-state index contributed by atoms with van der Waals surface area (Å²) >= 11 is 0. The molecule has 1 aromatic heterocycles. The third kappa shape index (κ3) is 2.13. The van der Waals surface area contributed by atoms with E-state index in [9.17, 15) is 19.5 Å². The maximum absolute atomic E-state index is 11.7. The van der Waals surface area contributed by atoms with Gasteiger partial charge in [0.2, 0.25) is 5.88 Å². The van der Waals surface area contributed by atoms with Crippen LogP contribution >= 0.6 is 0 Å². The number of amides is 1. The number of aryl methyl sites for hydroxylation is 1. The molecule has 0 aliphatic carbocycles. The summed E-state index contributed by atoms with van der Waals surface area (Å²) in [5.41, 5.74) is 3.75. The molecule has 1 heterocycles. The summed E-state index contributed by atoms with van der Waals surface area (Å²) in [4.78, 5) is 36.2. The van der Waals surface area contributed by atoms with Crippen LogP contribution in [0.4, 0.5) is 0 Å². The number of rotatable bonds is 2. The predicted octanol–water partition coefficient (Wildman–Crippen LogP) is -0.361. The molecular weight excluding hydrogens is 250 g/mol. The van der Waals surface area contributed by atoms with Crippen LogP contribution in [0.1, 0.15) is 15.9 Å². The van der Waals surface area contributed by atoms with Crippen molar-refractivity contribution in [2.75, 3.05) is 0 Å². The van der Waals surface area contributed by atoms with Crippen LogP contribution < -0.4 is 17.0 Å². The SMILES string of the molecule is Cc1ccc(-n2c(O)c(C(N)=O)c(=O)[nH]c2=O)cc1. The molecule has 0 saturated heterocycles. The van der Waals surface area contributed by atoms with Gasteiger partial charge in [0.05, 0.1) is 5.69 Å². The maximum atomic E-state index is 11.7. The lowest BCUT2D eigenvalue weighted by Gasteiger charge is -2.09. The molecule has 1 amide bonds. The monoisotopic (exact) mass is 261 g/mol. The standard InChI is InChI=1S/C12H11N3O4/c1-6-2-4-7(5-3-6)15-11(18)8(9(13)16)10(17)14-12(15)19/h2-5,18H,1H3,(H2,13,16)(H,14,17,19). The molecule has 0 aliphatic rings. The largest absolute Gasteiger partial charge is 0.493 e. The minimum Gasteiger partial charge on any atom is -0.493 e. The quantitative estimate of drug-likeness (QED) is 0.683. The predicted molar refractivity (Wildman–Crippen MR) is 67.6 cm³/mol. The van der Waals surface area contributed by atoms with Gasteiger partial charge in [0.15, 0.2) is 5.56 Å². The second-order valence-electron chi connectivity index (χ2n) is 3.99. The molecule has 7 nitrogen and oxygen atoms in total. The van der Waals surface area contributed by atoms with Crippen LogP contribution in [-0.4, -0.2) is 20.6 Å². The molecule has 1 aromatic carbocycles. The van der Waals surface area contributed by atoms with Crippen LogP contribution in [-0.2, 0) is 0 Å². The molecule has 0 aliphatic heterocycles. The Morgan fingerprint density at radius 1 is 1.26 bits per heavy atom. The molecule has 0 atom stereocenters. The average molecular weight is 261 g/mol. The molecule has 7 heteroatoms. The number of carbonyl (C=O) groups excluding carboxylic acids is 1. The van der Waals surface area contributed by atoms with Gasteiger partial charge in [-0.25, -0.2) is 9.36 Å². The van der Waals surface area contributed by atoms with E-state index in [4.69, 9.17) is 5.73 Å². The van der Waals surface area contributed by atoms with E-state index >= 15 is 0 Å². The third-order valence-corrected chi connectivity index (χ3v) is 2.62. The second kappa shape index (κ2) is 4.45. The summed E-state index contributed by atoms with van der Waals surface area (Å²) in [5.74, 6) is -1.88. The van der Waals surface area contributed by atoms with E-state index < -0.39 is 28.6 Å². The summed E-state index contributed by atoms with van der Waals surface area (Å²) < 4.78 is 0.806. The summed E-state index contributed by atoms with van der Waals surface area (Å²) in [6.07, 6.45) is 0. The Hall–Kier alpha value is -2.83. The Kier molecular flexibility index (Phi) is 2.95. The van der Waals surface area contributed by atoms with Gasteiger partial charge in [0.25, 0.3) is 11.5 Å². The van der Waals surface area contributed by atoms with Crippen LogP contribution in [0.5, 0.6) is 5.88 Å². The Morgan fingerprint density at radius 2 is 1.84 bits per heavy atom. The van der Waals surface area contributed by atoms with E-state index in [1.54, 1.807) is 24.3 Å². The van der Waals surface area contributed by atoms with E-state index in [0.29, 0.717) is 5.69 Å². The fourth-order valence-electron chi connectivity index (χ4n) is 1.68. The Labute approximate surface area is 106 Å². The van der Waals surface area contributed by atoms with Gasteiger partial charge in [0.1, 0.15) is 0 Å². The molecule has 2 aromatic rings. The fraction of sp³-hybridized carbons (Fsp3) is 0.0833. The Morgan fingerprint density at radius 3 is 2.37 bits per heavy atom. The number of H-pyrrole nitrogens is 1. The molecule has 0 fully saturated rings. The highest BCUT2D eigenvalue weighted by molar-refractivity contribution is 5.94.